The van der Waals surface area contributed by atoms with Crippen LogP contribution in [0.15, 0.2) is 24.3 Å². The summed E-state index contributed by atoms with van der Waals surface area (Å²) >= 11 is 0. The third-order valence-corrected chi connectivity index (χ3v) is 3.17. The first kappa shape index (κ1) is 12.5. The quantitative estimate of drug-likeness (QED) is 0.837. The Morgan fingerprint density at radius 2 is 2.06 bits per heavy atom. The molecular weight excluding hydrogens is 219 g/mol. The maximum Gasteiger partial charge on any atom is 0.128 e. The summed E-state index contributed by atoms with van der Waals surface area (Å²) in [4.78, 5) is 0. The van der Waals surface area contributed by atoms with Gasteiger partial charge < -0.3 is 15.8 Å². The van der Waals surface area contributed by atoms with Crippen molar-refractivity contribution in [2.24, 2.45) is 5.73 Å². The van der Waals surface area contributed by atoms with E-state index in [1.54, 1.807) is 12.1 Å². The standard InChI is InChI=1S/C13H19FN2O/c14-12-4-2-1-3-11(12)13(9-15)16-10-5-7-17-8-6-10/h1-4,10,13,16H,5-9,15H2. The highest BCUT2D eigenvalue weighted by Gasteiger charge is 2.20. The molecule has 1 aliphatic rings. The second-order valence-electron chi connectivity index (χ2n) is 4.36. The Morgan fingerprint density at radius 3 is 2.71 bits per heavy atom. The average molecular weight is 238 g/mol. The van der Waals surface area contributed by atoms with Crippen LogP contribution in [0.2, 0.25) is 0 Å². The molecule has 1 unspecified atom stereocenters. The molecule has 0 radical (unpaired) electrons. The first-order valence-corrected chi connectivity index (χ1v) is 6.09. The fourth-order valence-electron chi connectivity index (χ4n) is 2.19. The Morgan fingerprint density at radius 1 is 1.35 bits per heavy atom. The van der Waals surface area contributed by atoms with Gasteiger partial charge in [-0.1, -0.05) is 18.2 Å². The first-order valence-electron chi connectivity index (χ1n) is 6.09. The Hall–Kier alpha value is -0.970. The molecule has 1 aromatic carbocycles. The molecule has 0 aliphatic carbocycles. The van der Waals surface area contributed by atoms with E-state index in [0.717, 1.165) is 26.1 Å². The summed E-state index contributed by atoms with van der Waals surface area (Å²) < 4.78 is 19.0. The highest BCUT2D eigenvalue weighted by Crippen LogP contribution is 2.18. The molecule has 1 aromatic rings. The normalized spacial score (nSPS) is 19.2. The van der Waals surface area contributed by atoms with Crippen LogP contribution in [-0.4, -0.2) is 25.8 Å². The van der Waals surface area contributed by atoms with Gasteiger partial charge >= 0.3 is 0 Å². The summed E-state index contributed by atoms with van der Waals surface area (Å²) in [5.41, 5.74) is 6.38. The van der Waals surface area contributed by atoms with E-state index in [1.165, 1.54) is 6.07 Å². The lowest BCUT2D eigenvalue weighted by Gasteiger charge is -2.28. The fourth-order valence-corrected chi connectivity index (χ4v) is 2.19. The molecule has 2 rings (SSSR count). The number of ether oxygens (including phenoxy) is 1. The van der Waals surface area contributed by atoms with E-state index in [0.29, 0.717) is 18.2 Å². The maximum absolute atomic E-state index is 13.7. The largest absolute Gasteiger partial charge is 0.381 e. The minimum absolute atomic E-state index is 0.112. The predicted molar refractivity (Wildman–Crippen MR) is 65.2 cm³/mol. The monoisotopic (exact) mass is 238 g/mol. The topological polar surface area (TPSA) is 47.3 Å². The van der Waals surface area contributed by atoms with Gasteiger partial charge in [0.1, 0.15) is 5.82 Å². The van der Waals surface area contributed by atoms with Crippen molar-refractivity contribution in [3.63, 3.8) is 0 Å². The second-order valence-corrected chi connectivity index (χ2v) is 4.36. The van der Waals surface area contributed by atoms with Crippen molar-refractivity contribution in [3.8, 4) is 0 Å². The number of nitrogens with two attached hydrogens (primary N) is 1. The van der Waals surface area contributed by atoms with Crippen LogP contribution in [-0.2, 0) is 4.74 Å². The highest BCUT2D eigenvalue weighted by molar-refractivity contribution is 5.21. The van der Waals surface area contributed by atoms with Gasteiger partial charge in [0, 0.05) is 37.4 Å². The van der Waals surface area contributed by atoms with Crippen LogP contribution < -0.4 is 11.1 Å². The Balaban J connectivity index is 2.03. The number of halogens is 1. The molecule has 4 heteroatoms. The van der Waals surface area contributed by atoms with Crippen LogP contribution in [0, 0.1) is 5.82 Å². The smallest absolute Gasteiger partial charge is 0.128 e. The highest BCUT2D eigenvalue weighted by atomic mass is 19.1. The van der Waals surface area contributed by atoms with E-state index in [2.05, 4.69) is 5.32 Å². The first-order chi connectivity index (χ1) is 8.31. The van der Waals surface area contributed by atoms with E-state index in [9.17, 15) is 4.39 Å². The summed E-state index contributed by atoms with van der Waals surface area (Å²) in [6.45, 7) is 1.94. The molecule has 3 N–H and O–H groups in total. The van der Waals surface area contributed by atoms with Gasteiger partial charge in [-0.15, -0.1) is 0 Å². The van der Waals surface area contributed by atoms with Gasteiger partial charge in [-0.25, -0.2) is 4.39 Å². The average Bonchev–Trinajstić information content (AvgIpc) is 2.38. The van der Waals surface area contributed by atoms with E-state index >= 15 is 0 Å². The van der Waals surface area contributed by atoms with E-state index in [-0.39, 0.29) is 11.9 Å². The molecule has 0 amide bonds. The van der Waals surface area contributed by atoms with Gasteiger partial charge in [-0.2, -0.15) is 0 Å². The van der Waals surface area contributed by atoms with E-state index in [1.807, 2.05) is 6.07 Å². The van der Waals surface area contributed by atoms with Crippen LogP contribution in [0.5, 0.6) is 0 Å². The number of hydrogen-bond acceptors (Lipinski definition) is 3. The van der Waals surface area contributed by atoms with Gasteiger partial charge in [0.2, 0.25) is 0 Å². The van der Waals surface area contributed by atoms with Crippen LogP contribution in [0.25, 0.3) is 0 Å². The lowest BCUT2D eigenvalue weighted by atomic mass is 10.0. The van der Waals surface area contributed by atoms with Crippen LogP contribution in [0.4, 0.5) is 4.39 Å². The Bertz CT molecular complexity index is 353. The number of benzene rings is 1. The fraction of sp³-hybridized carbons (Fsp3) is 0.538. The van der Waals surface area contributed by atoms with Gasteiger partial charge in [0.15, 0.2) is 0 Å². The minimum Gasteiger partial charge on any atom is -0.381 e. The zero-order chi connectivity index (χ0) is 12.1. The van der Waals surface area contributed by atoms with E-state index < -0.39 is 0 Å². The van der Waals surface area contributed by atoms with Gasteiger partial charge in [-0.3, -0.25) is 0 Å². The maximum atomic E-state index is 13.7. The van der Waals surface area contributed by atoms with E-state index in [4.69, 9.17) is 10.5 Å². The summed E-state index contributed by atoms with van der Waals surface area (Å²) in [6.07, 6.45) is 1.93. The predicted octanol–water partition coefficient (Wildman–Crippen LogP) is 1.59. The van der Waals surface area contributed by atoms with Gasteiger partial charge in [-0.05, 0) is 18.9 Å². The van der Waals surface area contributed by atoms with Crippen molar-refractivity contribution in [3.05, 3.63) is 35.6 Å². The summed E-state index contributed by atoms with van der Waals surface area (Å²) in [5.74, 6) is -0.192. The van der Waals surface area contributed by atoms with Crippen LogP contribution in [0.1, 0.15) is 24.4 Å². The zero-order valence-corrected chi connectivity index (χ0v) is 9.86. The molecular formula is C13H19FN2O. The summed E-state index contributed by atoms with van der Waals surface area (Å²) in [5, 5.41) is 3.42. The molecule has 1 aliphatic heterocycles. The summed E-state index contributed by atoms with van der Waals surface area (Å²) in [6, 6.07) is 7.06. The molecule has 0 aromatic heterocycles. The van der Waals surface area contributed by atoms with Crippen molar-refractivity contribution in [1.29, 1.82) is 0 Å². The van der Waals surface area contributed by atoms with Gasteiger partial charge in [0.25, 0.3) is 0 Å². The molecule has 0 saturated carbocycles. The Kier molecular flexibility index (Phi) is 4.48. The van der Waals surface area contributed by atoms with Gasteiger partial charge in [0.05, 0.1) is 0 Å². The number of hydrogen-bond donors (Lipinski definition) is 2. The van der Waals surface area contributed by atoms with Crippen molar-refractivity contribution < 1.29 is 9.13 Å². The molecule has 1 heterocycles. The minimum atomic E-state index is -0.192. The SMILES string of the molecule is NCC(NC1CCOCC1)c1ccccc1F. The molecule has 3 nitrogen and oxygen atoms in total. The lowest BCUT2D eigenvalue weighted by molar-refractivity contribution is 0.0750. The lowest BCUT2D eigenvalue weighted by Crippen LogP contribution is -2.40. The molecule has 1 atom stereocenters. The molecule has 0 spiro atoms. The van der Waals surface area contributed by atoms with Crippen molar-refractivity contribution >= 4 is 0 Å². The Labute approximate surface area is 101 Å². The third-order valence-electron chi connectivity index (χ3n) is 3.17. The second kappa shape index (κ2) is 6.10. The third kappa shape index (κ3) is 3.25. The molecule has 1 saturated heterocycles. The van der Waals surface area contributed by atoms with Crippen LogP contribution >= 0.6 is 0 Å². The van der Waals surface area contributed by atoms with Crippen LogP contribution in [0.3, 0.4) is 0 Å². The van der Waals surface area contributed by atoms with Crippen molar-refractivity contribution in [1.82, 2.24) is 5.32 Å². The molecule has 94 valence electrons. The van der Waals surface area contributed by atoms with Crippen molar-refractivity contribution in [2.75, 3.05) is 19.8 Å². The number of nitrogens with one attached hydrogen (secondary N) is 1. The molecule has 0 bridgehead atoms. The zero-order valence-electron chi connectivity index (χ0n) is 9.86. The molecule has 1 fully saturated rings. The van der Waals surface area contributed by atoms with Crippen molar-refractivity contribution in [2.45, 2.75) is 24.9 Å². The summed E-state index contributed by atoms with van der Waals surface area (Å²) in [7, 11) is 0. The number of rotatable bonds is 4. The molecule has 17 heavy (non-hydrogen) atoms.